The molecule has 0 aliphatic carbocycles. The monoisotopic (exact) mass is 481 g/mol. The number of nitriles is 1. The third-order valence-corrected chi connectivity index (χ3v) is 7.54. The summed E-state index contributed by atoms with van der Waals surface area (Å²) in [6.45, 7) is 3.72. The first-order chi connectivity index (χ1) is 17.1. The van der Waals surface area contributed by atoms with E-state index in [1.165, 1.54) is 19.3 Å². The number of morpholine rings is 1. The molecule has 3 aliphatic rings. The lowest BCUT2D eigenvalue weighted by Crippen LogP contribution is -2.56. The number of fused-ring (bicyclic) bond motifs is 2. The Kier molecular flexibility index (Phi) is 7.32. The van der Waals surface area contributed by atoms with Gasteiger partial charge in [-0.3, -0.25) is 10.00 Å². The fourth-order valence-corrected chi connectivity index (χ4v) is 5.71. The van der Waals surface area contributed by atoms with Gasteiger partial charge in [-0.05, 0) is 25.7 Å². The quantitative estimate of drug-likeness (QED) is 0.515. The zero-order chi connectivity index (χ0) is 24.2. The van der Waals surface area contributed by atoms with E-state index in [4.69, 9.17) is 20.0 Å². The zero-order valence-corrected chi connectivity index (χ0v) is 20.4. The van der Waals surface area contributed by atoms with Crippen molar-refractivity contribution >= 4 is 23.4 Å². The number of anilines is 4. The van der Waals surface area contributed by atoms with Crippen molar-refractivity contribution in [3.8, 4) is 6.07 Å². The van der Waals surface area contributed by atoms with Crippen LogP contribution in [0.5, 0.6) is 0 Å². The highest BCUT2D eigenvalue weighted by atomic mass is 16.5. The fourth-order valence-electron chi connectivity index (χ4n) is 5.71. The van der Waals surface area contributed by atoms with Gasteiger partial charge in [-0.1, -0.05) is 6.42 Å². The summed E-state index contributed by atoms with van der Waals surface area (Å²) >= 11 is 0. The molecule has 5 heterocycles. The van der Waals surface area contributed by atoms with Gasteiger partial charge in [0.25, 0.3) is 0 Å². The molecule has 5 rings (SSSR count). The van der Waals surface area contributed by atoms with Gasteiger partial charge in [-0.25, -0.2) is 0 Å². The zero-order valence-electron chi connectivity index (χ0n) is 20.4. The molecule has 3 fully saturated rings. The number of piperidine rings is 2. The summed E-state index contributed by atoms with van der Waals surface area (Å²) in [6, 6.07) is 7.43. The molecule has 2 atom stereocenters. The first kappa shape index (κ1) is 23.8. The number of H-pyrrole nitrogens is 1. The Labute approximate surface area is 206 Å². The van der Waals surface area contributed by atoms with Gasteiger partial charge < -0.3 is 25.0 Å². The average Bonchev–Trinajstić information content (AvgIpc) is 3.34. The molecular weight excluding hydrogens is 446 g/mol. The van der Waals surface area contributed by atoms with E-state index in [1.54, 1.807) is 6.07 Å². The molecule has 2 aromatic rings. The van der Waals surface area contributed by atoms with E-state index in [2.05, 4.69) is 43.3 Å². The predicted octanol–water partition coefficient (Wildman–Crippen LogP) is 2.01. The average molecular weight is 482 g/mol. The maximum atomic E-state index is 9.36. The van der Waals surface area contributed by atoms with Crippen LogP contribution in [0.1, 0.15) is 44.2 Å². The minimum absolute atomic E-state index is 0.0964. The molecule has 2 bridgehead atoms. The molecule has 2 unspecified atom stereocenters. The van der Waals surface area contributed by atoms with E-state index >= 15 is 0 Å². The minimum Gasteiger partial charge on any atom is -0.390 e. The molecule has 0 aromatic carbocycles. The summed E-state index contributed by atoms with van der Waals surface area (Å²) in [5, 5.41) is 28.8. The van der Waals surface area contributed by atoms with Crippen LogP contribution in [0.25, 0.3) is 0 Å². The summed E-state index contributed by atoms with van der Waals surface area (Å²) in [6.07, 6.45) is 6.38. The molecule has 0 spiro atoms. The number of hydrogen-bond donors (Lipinski definition) is 3. The molecular formula is C24H35N9O2. The lowest BCUT2D eigenvalue weighted by atomic mass is 9.81. The summed E-state index contributed by atoms with van der Waals surface area (Å²) in [7, 11) is 2.10. The van der Waals surface area contributed by atoms with Gasteiger partial charge in [0, 0.05) is 63.4 Å². The number of nitrogens with zero attached hydrogens (tertiary/aromatic N) is 7. The predicted molar refractivity (Wildman–Crippen MR) is 133 cm³/mol. The molecule has 3 aliphatic heterocycles. The second kappa shape index (κ2) is 10.8. The lowest BCUT2D eigenvalue weighted by Gasteiger charge is -2.50. The number of hydrogen-bond acceptors (Lipinski definition) is 10. The normalized spacial score (nSPS) is 24.7. The molecule has 11 nitrogen and oxygen atoms in total. The summed E-state index contributed by atoms with van der Waals surface area (Å²) in [5.74, 6) is 2.85. The van der Waals surface area contributed by atoms with Gasteiger partial charge in [0.1, 0.15) is 11.6 Å². The molecule has 11 heteroatoms. The van der Waals surface area contributed by atoms with Gasteiger partial charge >= 0.3 is 0 Å². The van der Waals surface area contributed by atoms with E-state index in [9.17, 15) is 5.11 Å². The highest BCUT2D eigenvalue weighted by Crippen LogP contribution is 2.37. The minimum atomic E-state index is -0.0964. The summed E-state index contributed by atoms with van der Waals surface area (Å²) < 4.78 is 5.54. The molecule has 0 radical (unpaired) electrons. The van der Waals surface area contributed by atoms with E-state index in [-0.39, 0.29) is 6.61 Å². The largest absolute Gasteiger partial charge is 0.390 e. The lowest BCUT2D eigenvalue weighted by molar-refractivity contribution is 0.0326. The van der Waals surface area contributed by atoms with E-state index in [0.717, 1.165) is 38.3 Å². The van der Waals surface area contributed by atoms with Crippen molar-refractivity contribution in [1.29, 1.82) is 5.26 Å². The highest BCUT2D eigenvalue weighted by molar-refractivity contribution is 5.60. The molecule has 35 heavy (non-hydrogen) atoms. The first-order valence-corrected chi connectivity index (χ1v) is 12.6. The molecule has 0 amide bonds. The van der Waals surface area contributed by atoms with Crippen LogP contribution in [-0.2, 0) is 11.3 Å². The Morgan fingerprint density at radius 2 is 1.97 bits per heavy atom. The number of nitrogens with one attached hydrogen (secondary N) is 2. The maximum absolute atomic E-state index is 9.36. The highest BCUT2D eigenvalue weighted by Gasteiger charge is 2.39. The fraction of sp³-hybridized carbons (Fsp3) is 0.667. The topological polar surface area (TPSA) is 129 Å². The van der Waals surface area contributed by atoms with Crippen LogP contribution in [-0.4, -0.2) is 88.2 Å². The third kappa shape index (κ3) is 5.34. The Morgan fingerprint density at radius 3 is 2.66 bits per heavy atom. The Hall–Kier alpha value is -2.94. The van der Waals surface area contributed by atoms with Crippen molar-refractivity contribution in [2.24, 2.45) is 0 Å². The second-order valence-corrected chi connectivity index (χ2v) is 9.69. The van der Waals surface area contributed by atoms with Crippen LogP contribution in [0.2, 0.25) is 0 Å². The van der Waals surface area contributed by atoms with Gasteiger partial charge in [-0.2, -0.15) is 20.3 Å². The van der Waals surface area contributed by atoms with E-state index < -0.39 is 0 Å². The van der Waals surface area contributed by atoms with Crippen LogP contribution >= 0.6 is 0 Å². The van der Waals surface area contributed by atoms with Crippen molar-refractivity contribution in [2.45, 2.75) is 63.3 Å². The Morgan fingerprint density at radius 1 is 1.20 bits per heavy atom. The summed E-state index contributed by atoms with van der Waals surface area (Å²) in [4.78, 5) is 16.9. The van der Waals surface area contributed by atoms with Gasteiger partial charge in [0.15, 0.2) is 5.82 Å². The van der Waals surface area contributed by atoms with Crippen molar-refractivity contribution in [2.75, 3.05) is 55.0 Å². The van der Waals surface area contributed by atoms with Crippen LogP contribution in [0, 0.1) is 11.3 Å². The number of rotatable bonds is 8. The van der Waals surface area contributed by atoms with Gasteiger partial charge in [-0.15, -0.1) is 0 Å². The SMILES string of the molecule is CN(c1nc(Nc2cc(CO)[nH]n2)cc(N2CCOCC2)n1)C1CC2CCCC(C1)N2CCC#N. The van der Waals surface area contributed by atoms with Crippen LogP contribution in [0.3, 0.4) is 0 Å². The molecule has 3 saturated heterocycles. The number of aromatic amines is 1. The summed E-state index contributed by atoms with van der Waals surface area (Å²) in [5.41, 5.74) is 0.641. The number of ether oxygens (including phenoxy) is 1. The second-order valence-electron chi connectivity index (χ2n) is 9.69. The first-order valence-electron chi connectivity index (χ1n) is 12.6. The van der Waals surface area contributed by atoms with Crippen molar-refractivity contribution in [1.82, 2.24) is 25.1 Å². The van der Waals surface area contributed by atoms with Gasteiger partial charge in [0.2, 0.25) is 5.95 Å². The maximum Gasteiger partial charge on any atom is 0.229 e. The number of aromatic nitrogens is 4. The molecule has 0 saturated carbocycles. The van der Waals surface area contributed by atoms with Crippen molar-refractivity contribution in [3.05, 3.63) is 17.8 Å². The van der Waals surface area contributed by atoms with Crippen LogP contribution in [0.4, 0.5) is 23.4 Å². The third-order valence-electron chi connectivity index (χ3n) is 7.54. The van der Waals surface area contributed by atoms with E-state index in [1.807, 2.05) is 6.07 Å². The van der Waals surface area contributed by atoms with Crippen molar-refractivity contribution in [3.63, 3.8) is 0 Å². The molecule has 188 valence electrons. The Balaban J connectivity index is 1.38. The van der Waals surface area contributed by atoms with E-state index in [0.29, 0.717) is 61.0 Å². The molecule has 3 N–H and O–H groups in total. The smallest absolute Gasteiger partial charge is 0.229 e. The number of aliphatic hydroxyl groups excluding tert-OH is 1. The standard InChI is InChI=1S/C24H35N9O2/c1-31(20-13-18-4-2-5-19(14-20)33(18)7-3-6-25)24-27-21(26-22-12-17(16-34)29-30-22)15-23(28-24)32-8-10-35-11-9-32/h12,15,18-20,34H,2-5,7-11,13-14,16H2,1H3,(H2,26,27,28,29,30). The number of aliphatic hydroxyl groups is 1. The van der Waals surface area contributed by atoms with Crippen LogP contribution < -0.4 is 15.1 Å². The van der Waals surface area contributed by atoms with Gasteiger partial charge in [0.05, 0.1) is 31.6 Å². The van der Waals surface area contributed by atoms with Crippen LogP contribution in [0.15, 0.2) is 12.1 Å². The Bertz CT molecular complexity index is 1020. The van der Waals surface area contributed by atoms with Crippen molar-refractivity contribution < 1.29 is 9.84 Å². The molecule has 2 aromatic heterocycles.